The number of aromatic nitrogens is 4. The maximum atomic E-state index is 12.6. The third-order valence-corrected chi connectivity index (χ3v) is 3.87. The van der Waals surface area contributed by atoms with E-state index < -0.39 is 11.7 Å². The molecule has 1 aromatic carbocycles. The average Bonchev–Trinajstić information content (AvgIpc) is 3.13. The lowest BCUT2D eigenvalue weighted by molar-refractivity contribution is -0.137. The topological polar surface area (TPSA) is 81.7 Å². The van der Waals surface area contributed by atoms with E-state index in [1.54, 1.807) is 29.2 Å². The summed E-state index contributed by atoms with van der Waals surface area (Å²) in [6, 6.07) is 8.60. The van der Waals surface area contributed by atoms with Crippen molar-refractivity contribution in [2.45, 2.75) is 19.0 Å². The third kappa shape index (κ3) is 4.11. The van der Waals surface area contributed by atoms with Crippen molar-refractivity contribution in [1.29, 1.82) is 0 Å². The van der Waals surface area contributed by atoms with Crippen molar-refractivity contribution in [3.63, 3.8) is 0 Å². The van der Waals surface area contributed by atoms with Crippen LogP contribution in [0.4, 0.5) is 24.9 Å². The van der Waals surface area contributed by atoms with Gasteiger partial charge in [0.05, 0.1) is 5.56 Å². The van der Waals surface area contributed by atoms with Gasteiger partial charge in [-0.15, -0.1) is 0 Å². The van der Waals surface area contributed by atoms with Crippen LogP contribution in [0.3, 0.4) is 0 Å². The zero-order chi connectivity index (χ0) is 18.7. The van der Waals surface area contributed by atoms with Gasteiger partial charge in [0, 0.05) is 25.0 Å². The summed E-state index contributed by atoms with van der Waals surface area (Å²) in [6.45, 7) is 2.38. The number of anilines is 2. The molecule has 0 amide bonds. The maximum Gasteiger partial charge on any atom is 0.416 e. The molecule has 26 heavy (non-hydrogen) atoms. The molecule has 0 radical (unpaired) electrons. The highest BCUT2D eigenvalue weighted by molar-refractivity contribution is 5.45. The molecule has 1 unspecified atom stereocenters. The van der Waals surface area contributed by atoms with Crippen molar-refractivity contribution in [1.82, 2.24) is 19.7 Å². The maximum absolute atomic E-state index is 12.6. The molecule has 2 heterocycles. The number of rotatable bonds is 5. The van der Waals surface area contributed by atoms with Gasteiger partial charge in [-0.3, -0.25) is 0 Å². The molecule has 9 heteroatoms. The Morgan fingerprint density at radius 3 is 2.54 bits per heavy atom. The summed E-state index contributed by atoms with van der Waals surface area (Å²) in [5.74, 6) is 1.11. The summed E-state index contributed by atoms with van der Waals surface area (Å²) in [7, 11) is 0. The second kappa shape index (κ2) is 7.03. The Hall–Kier alpha value is -3.10. The summed E-state index contributed by atoms with van der Waals surface area (Å²) in [6.07, 6.45) is -0.976. The minimum absolute atomic E-state index is 0.0263. The van der Waals surface area contributed by atoms with Crippen LogP contribution in [0.1, 0.15) is 24.0 Å². The Balaban J connectivity index is 1.69. The summed E-state index contributed by atoms with van der Waals surface area (Å²) < 4.78 is 39.5. The SMILES string of the molecule is CC(CNc1cc(-n2cccn2)nc(N)n1)c1ccc(C(F)(F)F)cc1. The quantitative estimate of drug-likeness (QED) is 0.726. The lowest BCUT2D eigenvalue weighted by Gasteiger charge is -2.15. The molecule has 0 saturated heterocycles. The fourth-order valence-electron chi connectivity index (χ4n) is 2.44. The molecule has 1 atom stereocenters. The monoisotopic (exact) mass is 362 g/mol. The van der Waals surface area contributed by atoms with Crippen molar-refractivity contribution in [3.8, 4) is 5.82 Å². The lowest BCUT2D eigenvalue weighted by Crippen LogP contribution is -2.13. The average molecular weight is 362 g/mol. The molecule has 0 aliphatic heterocycles. The van der Waals surface area contributed by atoms with Crippen LogP contribution in [0.25, 0.3) is 5.82 Å². The zero-order valence-electron chi connectivity index (χ0n) is 13.9. The minimum atomic E-state index is -4.33. The molecular weight excluding hydrogens is 345 g/mol. The van der Waals surface area contributed by atoms with Gasteiger partial charge in [-0.05, 0) is 29.7 Å². The first-order chi connectivity index (χ1) is 12.3. The van der Waals surface area contributed by atoms with Gasteiger partial charge in [-0.1, -0.05) is 19.1 Å². The Bertz CT molecular complexity index is 859. The molecule has 2 aromatic heterocycles. The van der Waals surface area contributed by atoms with Gasteiger partial charge in [0.2, 0.25) is 5.95 Å². The molecule has 0 spiro atoms. The molecular formula is C17H17F3N6. The van der Waals surface area contributed by atoms with Crippen LogP contribution in [0.5, 0.6) is 0 Å². The molecule has 136 valence electrons. The minimum Gasteiger partial charge on any atom is -0.369 e. The van der Waals surface area contributed by atoms with Crippen molar-refractivity contribution in [3.05, 3.63) is 59.9 Å². The van der Waals surface area contributed by atoms with E-state index in [0.717, 1.165) is 17.7 Å². The number of benzene rings is 1. The normalized spacial score (nSPS) is 12.8. The number of nitrogens with one attached hydrogen (secondary N) is 1. The van der Waals surface area contributed by atoms with Crippen molar-refractivity contribution in [2.75, 3.05) is 17.6 Å². The number of hydrogen-bond donors (Lipinski definition) is 2. The highest BCUT2D eigenvalue weighted by Gasteiger charge is 2.30. The van der Waals surface area contributed by atoms with Crippen LogP contribution in [0, 0.1) is 0 Å². The Morgan fingerprint density at radius 1 is 1.19 bits per heavy atom. The molecule has 0 bridgehead atoms. The van der Waals surface area contributed by atoms with E-state index in [1.165, 1.54) is 12.1 Å². The van der Waals surface area contributed by atoms with Crippen LogP contribution >= 0.6 is 0 Å². The summed E-state index contributed by atoms with van der Waals surface area (Å²) in [5, 5.41) is 7.23. The zero-order valence-corrected chi connectivity index (χ0v) is 13.9. The number of nitrogens with zero attached hydrogens (tertiary/aromatic N) is 4. The largest absolute Gasteiger partial charge is 0.416 e. The van der Waals surface area contributed by atoms with E-state index in [-0.39, 0.29) is 11.9 Å². The number of hydrogen-bond acceptors (Lipinski definition) is 5. The molecule has 0 aliphatic rings. The van der Waals surface area contributed by atoms with Gasteiger partial charge >= 0.3 is 6.18 Å². The molecule has 0 aliphatic carbocycles. The number of halogens is 3. The van der Waals surface area contributed by atoms with Gasteiger partial charge in [0.1, 0.15) is 5.82 Å². The first-order valence-corrected chi connectivity index (χ1v) is 7.88. The van der Waals surface area contributed by atoms with Gasteiger partial charge < -0.3 is 11.1 Å². The molecule has 6 nitrogen and oxygen atoms in total. The molecule has 0 fully saturated rings. The highest BCUT2D eigenvalue weighted by Crippen LogP contribution is 2.30. The number of alkyl halides is 3. The van der Waals surface area contributed by atoms with Crippen molar-refractivity contribution in [2.24, 2.45) is 0 Å². The van der Waals surface area contributed by atoms with Crippen LogP contribution in [-0.2, 0) is 6.18 Å². The third-order valence-electron chi connectivity index (χ3n) is 3.87. The van der Waals surface area contributed by atoms with Crippen molar-refractivity contribution < 1.29 is 13.2 Å². The van der Waals surface area contributed by atoms with Gasteiger partial charge in [0.15, 0.2) is 5.82 Å². The van der Waals surface area contributed by atoms with E-state index in [9.17, 15) is 13.2 Å². The summed E-state index contributed by atoms with van der Waals surface area (Å²) in [4.78, 5) is 8.24. The van der Waals surface area contributed by atoms with E-state index in [0.29, 0.717) is 18.2 Å². The first-order valence-electron chi connectivity index (χ1n) is 7.88. The molecule has 3 rings (SSSR count). The summed E-state index contributed by atoms with van der Waals surface area (Å²) in [5.41, 5.74) is 5.86. The number of nitrogens with two attached hydrogens (primary N) is 1. The van der Waals surface area contributed by atoms with E-state index in [1.807, 2.05) is 6.92 Å². The van der Waals surface area contributed by atoms with E-state index in [2.05, 4.69) is 20.4 Å². The highest BCUT2D eigenvalue weighted by atomic mass is 19.4. The standard InChI is InChI=1S/C17H17F3N6/c1-11(12-3-5-13(6-4-12)17(18,19)20)10-22-14-9-15(25-16(21)24-14)26-8-2-7-23-26/h2-9,11H,10H2,1H3,(H3,21,22,24,25). The summed E-state index contributed by atoms with van der Waals surface area (Å²) >= 11 is 0. The van der Waals surface area contributed by atoms with Crippen LogP contribution in [0.15, 0.2) is 48.8 Å². The van der Waals surface area contributed by atoms with Crippen LogP contribution in [-0.4, -0.2) is 26.3 Å². The van der Waals surface area contributed by atoms with Gasteiger partial charge in [-0.2, -0.15) is 28.2 Å². The molecule has 3 aromatic rings. The smallest absolute Gasteiger partial charge is 0.369 e. The predicted molar refractivity (Wildman–Crippen MR) is 91.9 cm³/mol. The predicted octanol–water partition coefficient (Wildman–Crippen LogP) is 3.48. The lowest BCUT2D eigenvalue weighted by atomic mass is 9.99. The Morgan fingerprint density at radius 2 is 1.92 bits per heavy atom. The van der Waals surface area contributed by atoms with Crippen LogP contribution < -0.4 is 11.1 Å². The van der Waals surface area contributed by atoms with E-state index >= 15 is 0 Å². The van der Waals surface area contributed by atoms with Gasteiger partial charge in [-0.25, -0.2) is 4.68 Å². The van der Waals surface area contributed by atoms with Gasteiger partial charge in [0.25, 0.3) is 0 Å². The Labute approximate surface area is 147 Å². The Kier molecular flexibility index (Phi) is 4.79. The first kappa shape index (κ1) is 17.7. The second-order valence-corrected chi connectivity index (χ2v) is 5.82. The van der Waals surface area contributed by atoms with Crippen LogP contribution in [0.2, 0.25) is 0 Å². The van der Waals surface area contributed by atoms with Crippen molar-refractivity contribution >= 4 is 11.8 Å². The fraction of sp³-hybridized carbons (Fsp3) is 0.235. The molecule has 3 N–H and O–H groups in total. The van der Waals surface area contributed by atoms with E-state index in [4.69, 9.17) is 5.73 Å². The fourth-order valence-corrected chi connectivity index (χ4v) is 2.44. The molecule has 0 saturated carbocycles. The second-order valence-electron chi connectivity index (χ2n) is 5.82. The number of nitrogen functional groups attached to an aromatic ring is 1.